The number of anilines is 1. The molecule has 10 heteroatoms. The first-order chi connectivity index (χ1) is 15.4. The van der Waals surface area contributed by atoms with E-state index in [0.717, 1.165) is 0 Å². The second kappa shape index (κ2) is 12.4. The van der Waals surface area contributed by atoms with Gasteiger partial charge in [0.1, 0.15) is 19.0 Å². The Morgan fingerprint density at radius 2 is 1.61 bits per heavy atom. The number of carboxylic acid groups (broad SMARTS) is 1. The van der Waals surface area contributed by atoms with Gasteiger partial charge in [-0.1, -0.05) is 35.3 Å². The number of carbonyl (C=O) groups is 2. The summed E-state index contributed by atoms with van der Waals surface area (Å²) in [6.07, 6.45) is 0. The molecule has 0 atom stereocenters. The molecule has 1 amide bonds. The number of rotatable bonds is 9. The first-order valence-corrected chi connectivity index (χ1v) is 10.2. The molecule has 0 fully saturated rings. The van der Waals surface area contributed by atoms with E-state index in [1.165, 1.54) is 30.3 Å². The van der Waals surface area contributed by atoms with Crippen LogP contribution in [0.3, 0.4) is 0 Å². The number of para-hydroxylation sites is 2. The normalized spacial score (nSPS) is 10.0. The molecule has 0 bridgehead atoms. The van der Waals surface area contributed by atoms with E-state index < -0.39 is 11.9 Å². The third-order valence-corrected chi connectivity index (χ3v) is 4.87. The van der Waals surface area contributed by atoms with Gasteiger partial charge in [0.05, 0.1) is 28.9 Å². The van der Waals surface area contributed by atoms with Gasteiger partial charge in [0.25, 0.3) is 5.91 Å². The molecule has 0 heterocycles. The van der Waals surface area contributed by atoms with Crippen LogP contribution in [0, 0.1) is 0 Å². The summed E-state index contributed by atoms with van der Waals surface area (Å²) in [4.78, 5) is 24.2. The zero-order valence-electron chi connectivity index (χ0n) is 16.9. The van der Waals surface area contributed by atoms with Gasteiger partial charge in [0.2, 0.25) is 0 Å². The average Bonchev–Trinajstić information content (AvgIpc) is 2.77. The summed E-state index contributed by atoms with van der Waals surface area (Å²) in [6.45, 7) is 0.388. The molecular formula is C23H20Cl2LiNO6. The Morgan fingerprint density at radius 3 is 2.27 bits per heavy atom. The molecular weight excluding hydrogens is 464 g/mol. The maximum absolute atomic E-state index is 12.5. The Bertz CT molecular complexity index is 1140. The van der Waals surface area contributed by atoms with Gasteiger partial charge < -0.3 is 24.6 Å². The fourth-order valence-corrected chi connectivity index (χ4v) is 3.31. The molecule has 0 radical (unpaired) electrons. The van der Waals surface area contributed by atoms with E-state index in [0.29, 0.717) is 22.3 Å². The number of hydrogen-bond donors (Lipinski definition) is 2. The molecule has 0 saturated heterocycles. The van der Waals surface area contributed by atoms with Gasteiger partial charge in [-0.25, -0.2) is 4.79 Å². The number of carbonyl (C=O) groups excluding carboxylic acids is 1. The van der Waals surface area contributed by atoms with Crippen molar-refractivity contribution in [3.63, 3.8) is 0 Å². The first-order valence-electron chi connectivity index (χ1n) is 9.41. The number of ether oxygens (including phenoxy) is 3. The van der Waals surface area contributed by atoms with E-state index >= 15 is 0 Å². The van der Waals surface area contributed by atoms with Crippen LogP contribution >= 0.6 is 23.2 Å². The number of nitrogens with one attached hydrogen (secondary N) is 1. The van der Waals surface area contributed by atoms with Gasteiger partial charge in [-0.3, -0.25) is 4.79 Å². The van der Waals surface area contributed by atoms with Gasteiger partial charge in [0.15, 0.2) is 11.5 Å². The minimum atomic E-state index is -1.22. The second-order valence-electron chi connectivity index (χ2n) is 6.44. The molecule has 0 aromatic heterocycles. The zero-order chi connectivity index (χ0) is 23.1. The molecule has 168 valence electrons. The summed E-state index contributed by atoms with van der Waals surface area (Å²) < 4.78 is 16.4. The number of aromatic carboxylic acids is 1. The third-order valence-electron chi connectivity index (χ3n) is 4.32. The van der Waals surface area contributed by atoms with Crippen LogP contribution in [0.5, 0.6) is 17.2 Å². The fourth-order valence-electron chi connectivity index (χ4n) is 2.81. The van der Waals surface area contributed by atoms with Crippen LogP contribution in [-0.4, -0.2) is 56.2 Å². The van der Waals surface area contributed by atoms with Crippen LogP contribution in [0.4, 0.5) is 5.69 Å². The molecule has 3 aromatic carbocycles. The Hall–Kier alpha value is -2.82. The predicted molar refractivity (Wildman–Crippen MR) is 129 cm³/mol. The van der Waals surface area contributed by atoms with Crippen LogP contribution in [-0.2, 0) is 0 Å². The van der Waals surface area contributed by atoms with Crippen LogP contribution < -0.4 is 19.5 Å². The van der Waals surface area contributed by atoms with Crippen molar-refractivity contribution < 1.29 is 28.9 Å². The molecule has 0 unspecified atom stereocenters. The van der Waals surface area contributed by atoms with E-state index in [9.17, 15) is 14.7 Å². The number of amides is 1. The van der Waals surface area contributed by atoms with Crippen molar-refractivity contribution in [1.29, 1.82) is 0 Å². The quantitative estimate of drug-likeness (QED) is 0.336. The average molecular weight is 484 g/mol. The Morgan fingerprint density at radius 1 is 0.909 bits per heavy atom. The van der Waals surface area contributed by atoms with E-state index in [2.05, 4.69) is 5.32 Å². The molecule has 0 aliphatic heterocycles. The molecule has 0 spiro atoms. The first kappa shape index (κ1) is 26.4. The number of methoxy groups -OCH3 is 1. The van der Waals surface area contributed by atoms with Crippen molar-refractivity contribution >= 4 is 59.6 Å². The van der Waals surface area contributed by atoms with Gasteiger partial charge in [0, 0.05) is 5.02 Å². The Labute approximate surface area is 212 Å². The van der Waals surface area contributed by atoms with Crippen LogP contribution in [0.25, 0.3) is 0 Å². The van der Waals surface area contributed by atoms with Crippen LogP contribution in [0.1, 0.15) is 20.7 Å². The summed E-state index contributed by atoms with van der Waals surface area (Å²) in [6, 6.07) is 15.9. The molecule has 33 heavy (non-hydrogen) atoms. The number of benzene rings is 3. The number of hydrogen-bond acceptors (Lipinski definition) is 5. The van der Waals surface area contributed by atoms with Crippen LogP contribution in [0.15, 0.2) is 60.7 Å². The topological polar surface area (TPSA) is 94.1 Å². The monoisotopic (exact) mass is 483 g/mol. The van der Waals surface area contributed by atoms with Crippen molar-refractivity contribution in [2.45, 2.75) is 0 Å². The molecule has 0 saturated carbocycles. The number of carboxylic acids is 1. The summed E-state index contributed by atoms with van der Waals surface area (Å²) in [5.74, 6) is -0.301. The van der Waals surface area contributed by atoms with Crippen LogP contribution in [0.2, 0.25) is 10.0 Å². The van der Waals surface area contributed by atoms with Gasteiger partial charge >= 0.3 is 24.8 Å². The Kier molecular flexibility index (Phi) is 9.95. The van der Waals surface area contributed by atoms with Gasteiger partial charge in [-0.2, -0.15) is 0 Å². The van der Waals surface area contributed by atoms with Gasteiger partial charge in [-0.05, 0) is 48.5 Å². The summed E-state index contributed by atoms with van der Waals surface area (Å²) >= 11 is 11.9. The minimum absolute atomic E-state index is 0. The van der Waals surface area contributed by atoms with E-state index in [1.807, 2.05) is 12.1 Å². The Balaban J connectivity index is 0.00000385. The van der Waals surface area contributed by atoms with Crippen molar-refractivity contribution in [3.05, 3.63) is 81.8 Å². The van der Waals surface area contributed by atoms with Crippen molar-refractivity contribution in [2.24, 2.45) is 0 Å². The zero-order valence-corrected chi connectivity index (χ0v) is 18.4. The second-order valence-corrected chi connectivity index (χ2v) is 7.28. The predicted octanol–water partition coefficient (Wildman–Crippen LogP) is 4.76. The van der Waals surface area contributed by atoms with E-state index in [-0.39, 0.29) is 53.9 Å². The summed E-state index contributed by atoms with van der Waals surface area (Å²) in [7, 11) is 1.55. The SMILES string of the molecule is COc1ccccc1OCCOc1ccc(NC(=O)c2ccc(Cl)cc2Cl)c(C(=O)O)c1.[LiH]. The van der Waals surface area contributed by atoms with E-state index in [1.54, 1.807) is 25.3 Å². The summed E-state index contributed by atoms with van der Waals surface area (Å²) in [5, 5.41) is 12.6. The summed E-state index contributed by atoms with van der Waals surface area (Å²) in [5.41, 5.74) is 0.138. The molecule has 3 aromatic rings. The number of halogens is 2. The molecule has 7 nitrogen and oxygen atoms in total. The molecule has 3 rings (SSSR count). The van der Waals surface area contributed by atoms with Gasteiger partial charge in [-0.15, -0.1) is 0 Å². The molecule has 0 aliphatic rings. The molecule has 0 aliphatic carbocycles. The van der Waals surface area contributed by atoms with Crippen molar-refractivity contribution in [1.82, 2.24) is 0 Å². The van der Waals surface area contributed by atoms with E-state index in [4.69, 9.17) is 37.4 Å². The molecule has 2 N–H and O–H groups in total. The standard InChI is InChI=1S/C23H19Cl2NO6.Li.H/c1-30-20-4-2-3-5-21(20)32-11-10-31-15-7-9-19(17(13-15)23(28)29)26-22(27)16-8-6-14(24)12-18(16)25;;/h2-9,12-13H,10-11H2,1H3,(H,26,27)(H,28,29);;. The maximum atomic E-state index is 12.5. The van der Waals surface area contributed by atoms with Crippen molar-refractivity contribution in [3.8, 4) is 17.2 Å². The third kappa shape index (κ3) is 7.08. The van der Waals surface area contributed by atoms with Crippen molar-refractivity contribution in [2.75, 3.05) is 25.6 Å². The fraction of sp³-hybridized carbons (Fsp3) is 0.130.